The van der Waals surface area contributed by atoms with Gasteiger partial charge in [-0.1, -0.05) is 150 Å². The number of carbonyl (C=O) groups is 7. The number of carbonyl (C=O) groups excluding carboxylic acids is 7. The lowest BCUT2D eigenvalue weighted by molar-refractivity contribution is -0.130. The zero-order chi connectivity index (χ0) is 59.8. The topological polar surface area (TPSA) is 251 Å². The molecule has 0 radical (unpaired) electrons. The third-order valence-electron chi connectivity index (χ3n) is 12.7. The van der Waals surface area contributed by atoms with Gasteiger partial charge in [-0.25, -0.2) is 0 Å². The Morgan fingerprint density at radius 3 is 1.10 bits per heavy atom. The Morgan fingerprint density at radius 2 is 0.750 bits per heavy atom. The predicted octanol–water partition coefficient (Wildman–Crippen LogP) is 9.49. The normalized spacial score (nSPS) is 12.3. The largest absolute Gasteiger partial charge is 0.507 e. The molecule has 430 valence electrons. The van der Waals surface area contributed by atoms with Crippen molar-refractivity contribution in [2.45, 2.75) is 169 Å². The standard InChI is InChI=1S/C37H56N2O5.C26H26N4O6/c1-34(2,3)26-19-23(20-27(32(26)43)35(4,5)6)13-15-25(40)16-18-31(42)39-38-30(41)17-14-24-21-28(36(7,8)9)33(44)29(22-24)37(10,11)12;1-17(35-21-12-5-3-6-13-21)23(31)27-29-25(33)19-10-9-11-20(16-19)26(34)30-28-24(32)18(2)36-22-14-7-4-8-15-22/h19-22,43-44H,13-18H2,1-12H3,(H,38,41)(H,39,42);3-18H,1-2H3,(H,27,31)(H,28,32)(H,29,33)(H,30,34). The van der Waals surface area contributed by atoms with Crippen LogP contribution in [0.2, 0.25) is 0 Å². The third-order valence-corrected chi connectivity index (χ3v) is 12.7. The van der Waals surface area contributed by atoms with Crippen LogP contribution in [0.5, 0.6) is 23.0 Å². The molecule has 6 amide bonds. The van der Waals surface area contributed by atoms with Gasteiger partial charge in [-0.2, -0.15) is 0 Å². The van der Waals surface area contributed by atoms with E-state index in [0.29, 0.717) is 35.8 Å². The van der Waals surface area contributed by atoms with Crippen molar-refractivity contribution in [3.63, 3.8) is 0 Å². The monoisotopic (exact) mass is 1100 g/mol. The number of para-hydroxylation sites is 2. The number of rotatable bonds is 17. The maximum absolute atomic E-state index is 12.6. The summed E-state index contributed by atoms with van der Waals surface area (Å²) in [5, 5.41) is 21.8. The molecule has 5 rings (SSSR count). The van der Waals surface area contributed by atoms with Crippen LogP contribution in [0, 0.1) is 0 Å². The van der Waals surface area contributed by atoms with Gasteiger partial charge in [-0.05, 0) is 124 Å². The van der Waals surface area contributed by atoms with Crippen LogP contribution < -0.4 is 42.0 Å². The molecule has 0 aromatic heterocycles. The summed E-state index contributed by atoms with van der Waals surface area (Å²) in [5.74, 6) is -1.55. The second kappa shape index (κ2) is 28.1. The second-order valence-electron chi connectivity index (χ2n) is 23.8. The Labute approximate surface area is 471 Å². The molecule has 0 fully saturated rings. The van der Waals surface area contributed by atoms with Crippen molar-refractivity contribution in [2.75, 3.05) is 0 Å². The van der Waals surface area contributed by atoms with Gasteiger partial charge in [-0.15, -0.1) is 0 Å². The average Bonchev–Trinajstić information content (AvgIpc) is 3.39. The number of aromatic hydroxyl groups is 2. The molecular formula is C63H82N6O11. The van der Waals surface area contributed by atoms with Gasteiger partial charge in [0.1, 0.15) is 28.8 Å². The second-order valence-corrected chi connectivity index (χ2v) is 23.8. The number of Topliss-reactive ketones (excluding diaryl/α,β-unsaturated/α-hetero) is 1. The van der Waals surface area contributed by atoms with Crippen LogP contribution in [0.1, 0.15) is 177 Å². The van der Waals surface area contributed by atoms with Gasteiger partial charge in [0.05, 0.1) is 0 Å². The number of ether oxygens (including phenoxy) is 2. The number of nitrogens with one attached hydrogen (secondary N) is 6. The van der Waals surface area contributed by atoms with Crippen molar-refractivity contribution in [2.24, 2.45) is 0 Å². The van der Waals surface area contributed by atoms with Crippen molar-refractivity contribution in [3.05, 3.63) is 154 Å². The molecule has 17 nitrogen and oxygen atoms in total. The van der Waals surface area contributed by atoms with E-state index >= 15 is 0 Å². The number of phenolic OH excluding ortho intramolecular Hbond substituents is 2. The molecule has 0 spiro atoms. The number of hydrogen-bond acceptors (Lipinski definition) is 11. The Hall–Kier alpha value is -8.21. The lowest BCUT2D eigenvalue weighted by atomic mass is 9.78. The number of aryl methyl sites for hydroxylation is 2. The van der Waals surface area contributed by atoms with Gasteiger partial charge < -0.3 is 19.7 Å². The summed E-state index contributed by atoms with van der Waals surface area (Å²) in [6.45, 7) is 27.7. The summed E-state index contributed by atoms with van der Waals surface area (Å²) in [6.07, 6.45) is -0.225. The van der Waals surface area contributed by atoms with E-state index in [1.54, 1.807) is 62.4 Å². The number of amides is 6. The van der Waals surface area contributed by atoms with Crippen LogP contribution in [0.3, 0.4) is 0 Å². The first-order valence-corrected chi connectivity index (χ1v) is 26.8. The fourth-order valence-electron chi connectivity index (χ4n) is 8.05. The minimum absolute atomic E-state index is 0.0168. The van der Waals surface area contributed by atoms with Crippen LogP contribution in [0.25, 0.3) is 0 Å². The molecule has 2 atom stereocenters. The lowest BCUT2D eigenvalue weighted by Crippen LogP contribution is -2.47. The molecule has 2 unspecified atom stereocenters. The maximum Gasteiger partial charge on any atom is 0.279 e. The van der Waals surface area contributed by atoms with E-state index in [-0.39, 0.29) is 70.2 Å². The zero-order valence-corrected chi connectivity index (χ0v) is 48.9. The van der Waals surface area contributed by atoms with Crippen molar-refractivity contribution < 1.29 is 53.2 Å². The Kier molecular flexibility index (Phi) is 22.6. The maximum atomic E-state index is 12.6. The van der Waals surface area contributed by atoms with Crippen molar-refractivity contribution >= 4 is 41.2 Å². The van der Waals surface area contributed by atoms with Crippen molar-refractivity contribution in [3.8, 4) is 23.0 Å². The van der Waals surface area contributed by atoms with E-state index in [0.717, 1.165) is 33.4 Å². The fraction of sp³-hybridized carbons (Fsp3) is 0.413. The zero-order valence-electron chi connectivity index (χ0n) is 48.9. The number of ketones is 1. The molecule has 0 aliphatic carbocycles. The first-order chi connectivity index (χ1) is 37.2. The number of hydrazine groups is 3. The number of phenols is 2. The van der Waals surface area contributed by atoms with Gasteiger partial charge in [0.2, 0.25) is 11.8 Å². The molecule has 5 aromatic carbocycles. The molecule has 0 bridgehead atoms. The first-order valence-electron chi connectivity index (χ1n) is 26.8. The number of hydrogen-bond donors (Lipinski definition) is 8. The summed E-state index contributed by atoms with van der Waals surface area (Å²) in [6, 6.07) is 31.2. The Bertz CT molecular complexity index is 2700. The van der Waals surface area contributed by atoms with Gasteiger partial charge in [0.25, 0.3) is 23.6 Å². The highest BCUT2D eigenvalue weighted by atomic mass is 16.5. The van der Waals surface area contributed by atoms with Crippen LogP contribution in [0.15, 0.2) is 109 Å². The van der Waals surface area contributed by atoms with E-state index in [1.165, 1.54) is 24.3 Å². The Morgan fingerprint density at radius 1 is 0.412 bits per heavy atom. The molecule has 0 aliphatic heterocycles. The fourth-order valence-corrected chi connectivity index (χ4v) is 8.05. The van der Waals surface area contributed by atoms with Gasteiger partial charge in [0, 0.05) is 36.8 Å². The van der Waals surface area contributed by atoms with Gasteiger partial charge >= 0.3 is 0 Å². The molecular weight excluding hydrogens is 1020 g/mol. The average molecular weight is 1100 g/mol. The molecule has 8 N–H and O–H groups in total. The molecule has 80 heavy (non-hydrogen) atoms. The minimum Gasteiger partial charge on any atom is -0.507 e. The molecule has 0 aliphatic rings. The van der Waals surface area contributed by atoms with Gasteiger partial charge in [-0.3, -0.25) is 66.1 Å². The van der Waals surface area contributed by atoms with E-state index in [2.05, 4.69) is 74.1 Å². The quantitative estimate of drug-likeness (QED) is 0.0407. The van der Waals surface area contributed by atoms with Crippen LogP contribution in [0.4, 0.5) is 0 Å². The molecule has 0 heterocycles. The van der Waals surface area contributed by atoms with Crippen LogP contribution in [-0.2, 0) is 58.5 Å². The van der Waals surface area contributed by atoms with Gasteiger partial charge in [0.15, 0.2) is 12.2 Å². The smallest absolute Gasteiger partial charge is 0.279 e. The molecule has 0 saturated carbocycles. The highest BCUT2D eigenvalue weighted by Gasteiger charge is 2.29. The summed E-state index contributed by atoms with van der Waals surface area (Å²) >= 11 is 0. The van der Waals surface area contributed by atoms with E-state index in [4.69, 9.17) is 9.47 Å². The minimum atomic E-state index is -0.860. The highest BCUT2D eigenvalue weighted by Crippen LogP contribution is 2.41. The summed E-state index contributed by atoms with van der Waals surface area (Å²) < 4.78 is 11.0. The predicted molar refractivity (Wildman–Crippen MR) is 309 cm³/mol. The van der Waals surface area contributed by atoms with Crippen molar-refractivity contribution in [1.82, 2.24) is 32.6 Å². The van der Waals surface area contributed by atoms with E-state index < -0.39 is 41.7 Å². The van der Waals surface area contributed by atoms with Crippen LogP contribution in [-0.4, -0.2) is 63.6 Å². The summed E-state index contributed by atoms with van der Waals surface area (Å²) in [7, 11) is 0. The highest BCUT2D eigenvalue weighted by molar-refractivity contribution is 6.01. The molecule has 17 heteroatoms. The molecule has 0 saturated heterocycles. The summed E-state index contributed by atoms with van der Waals surface area (Å²) in [5.41, 5.74) is 18.6. The summed E-state index contributed by atoms with van der Waals surface area (Å²) in [4.78, 5) is 86.8. The van der Waals surface area contributed by atoms with E-state index in [9.17, 15) is 43.8 Å². The third kappa shape index (κ3) is 20.2. The van der Waals surface area contributed by atoms with E-state index in [1.807, 2.05) is 77.9 Å². The van der Waals surface area contributed by atoms with Crippen LogP contribution >= 0.6 is 0 Å². The molecule has 5 aromatic rings. The number of benzene rings is 5. The first kappa shape index (κ1) is 64.3. The lowest BCUT2D eigenvalue weighted by Gasteiger charge is -2.28. The SMILES string of the molecule is CC(C)(C)c1cc(CCC(=O)CCC(=O)NNC(=O)CCc2cc(C(C)(C)C)c(O)c(C(C)(C)C)c2)cc(C(C)(C)C)c1O.CC(Oc1ccccc1)C(=O)NNC(=O)c1cccc(C(=O)NNC(=O)C(C)Oc2ccccc2)c1. The Balaban J connectivity index is 0.000000351. The van der Waals surface area contributed by atoms with Crippen molar-refractivity contribution in [1.29, 1.82) is 0 Å².